The van der Waals surface area contributed by atoms with Crippen LogP contribution in [0.4, 0.5) is 5.00 Å². The Hall–Kier alpha value is -1.34. The van der Waals surface area contributed by atoms with Crippen LogP contribution in [0.25, 0.3) is 0 Å². The number of hydrogen-bond donors (Lipinski definition) is 1. The van der Waals surface area contributed by atoms with Crippen molar-refractivity contribution < 1.29 is 4.79 Å². The standard InChI is InChI=1S/C8H8N2OS/c1-4(11)7-5(2)12-8(10)6(7)3-9/h10H2,1-2H3. The van der Waals surface area contributed by atoms with Gasteiger partial charge in [0.15, 0.2) is 5.78 Å². The minimum atomic E-state index is -0.1000. The molecule has 1 aromatic rings. The van der Waals surface area contributed by atoms with Gasteiger partial charge >= 0.3 is 0 Å². The van der Waals surface area contributed by atoms with Crippen LogP contribution in [0, 0.1) is 18.3 Å². The van der Waals surface area contributed by atoms with Crippen molar-refractivity contribution in [2.24, 2.45) is 0 Å². The molecule has 0 aliphatic heterocycles. The van der Waals surface area contributed by atoms with E-state index in [1.54, 1.807) is 6.92 Å². The van der Waals surface area contributed by atoms with Crippen LogP contribution in [-0.4, -0.2) is 5.78 Å². The van der Waals surface area contributed by atoms with Crippen LogP contribution >= 0.6 is 11.3 Å². The van der Waals surface area contributed by atoms with Gasteiger partial charge in [0.05, 0.1) is 11.1 Å². The molecule has 4 heteroatoms. The van der Waals surface area contributed by atoms with Crippen LogP contribution in [0.3, 0.4) is 0 Å². The van der Waals surface area contributed by atoms with Gasteiger partial charge in [-0.2, -0.15) is 5.26 Å². The van der Waals surface area contributed by atoms with E-state index in [2.05, 4.69) is 0 Å². The minimum Gasteiger partial charge on any atom is -0.389 e. The van der Waals surface area contributed by atoms with E-state index >= 15 is 0 Å². The van der Waals surface area contributed by atoms with Crippen LogP contribution < -0.4 is 5.73 Å². The van der Waals surface area contributed by atoms with Crippen LogP contribution in [0.15, 0.2) is 0 Å². The van der Waals surface area contributed by atoms with E-state index in [1.165, 1.54) is 18.3 Å². The number of aryl methyl sites for hydroxylation is 1. The maximum Gasteiger partial charge on any atom is 0.162 e. The molecule has 0 saturated carbocycles. The van der Waals surface area contributed by atoms with Crippen molar-refractivity contribution >= 4 is 22.1 Å². The molecule has 0 aromatic carbocycles. The van der Waals surface area contributed by atoms with Crippen LogP contribution in [-0.2, 0) is 0 Å². The van der Waals surface area contributed by atoms with Gasteiger partial charge in [-0.3, -0.25) is 4.79 Å². The van der Waals surface area contributed by atoms with Crippen molar-refractivity contribution in [1.29, 1.82) is 5.26 Å². The van der Waals surface area contributed by atoms with Crippen LogP contribution in [0.5, 0.6) is 0 Å². The number of carbonyl (C=O) groups is 1. The highest BCUT2D eigenvalue weighted by atomic mass is 32.1. The summed E-state index contributed by atoms with van der Waals surface area (Å²) in [5.41, 5.74) is 6.33. The van der Waals surface area contributed by atoms with Gasteiger partial charge in [-0.05, 0) is 13.8 Å². The van der Waals surface area contributed by atoms with Crippen molar-refractivity contribution in [2.75, 3.05) is 5.73 Å². The Morgan fingerprint density at radius 1 is 1.67 bits per heavy atom. The molecule has 0 bridgehead atoms. The number of nitriles is 1. The summed E-state index contributed by atoms with van der Waals surface area (Å²) in [6, 6.07) is 1.93. The summed E-state index contributed by atoms with van der Waals surface area (Å²) in [4.78, 5) is 11.9. The average molecular weight is 180 g/mol. The summed E-state index contributed by atoms with van der Waals surface area (Å²) in [5, 5.41) is 9.12. The SMILES string of the molecule is CC(=O)c1c(C)sc(N)c1C#N. The Kier molecular flexibility index (Phi) is 2.15. The first-order chi connectivity index (χ1) is 5.57. The van der Waals surface area contributed by atoms with Crippen LogP contribution in [0.1, 0.15) is 27.7 Å². The number of anilines is 1. The van der Waals surface area contributed by atoms with E-state index in [1.807, 2.05) is 6.07 Å². The fourth-order valence-corrected chi connectivity index (χ4v) is 2.03. The topological polar surface area (TPSA) is 66.9 Å². The summed E-state index contributed by atoms with van der Waals surface area (Å²) in [6.07, 6.45) is 0. The third-order valence-corrected chi connectivity index (χ3v) is 2.51. The van der Waals surface area contributed by atoms with Gasteiger partial charge in [0.2, 0.25) is 0 Å². The van der Waals surface area contributed by atoms with Gasteiger partial charge in [-0.15, -0.1) is 11.3 Å². The molecule has 12 heavy (non-hydrogen) atoms. The van der Waals surface area contributed by atoms with Crippen LogP contribution in [0.2, 0.25) is 0 Å². The van der Waals surface area contributed by atoms with E-state index in [4.69, 9.17) is 11.0 Å². The molecule has 3 nitrogen and oxygen atoms in total. The lowest BCUT2D eigenvalue weighted by atomic mass is 10.1. The molecule has 0 radical (unpaired) electrons. The Morgan fingerprint density at radius 3 is 2.58 bits per heavy atom. The molecular formula is C8H8N2OS. The largest absolute Gasteiger partial charge is 0.389 e. The summed E-state index contributed by atoms with van der Waals surface area (Å²) in [6.45, 7) is 3.23. The number of thiophene rings is 1. The fourth-order valence-electron chi connectivity index (χ4n) is 1.10. The highest BCUT2D eigenvalue weighted by Crippen LogP contribution is 2.29. The molecule has 0 aliphatic rings. The number of nitrogens with two attached hydrogens (primary N) is 1. The quantitative estimate of drug-likeness (QED) is 0.669. The van der Waals surface area contributed by atoms with Gasteiger partial charge in [0.1, 0.15) is 11.1 Å². The third kappa shape index (κ3) is 1.19. The molecule has 62 valence electrons. The molecule has 0 spiro atoms. The summed E-state index contributed by atoms with van der Waals surface area (Å²) in [5.74, 6) is -0.1000. The summed E-state index contributed by atoms with van der Waals surface area (Å²) < 4.78 is 0. The average Bonchev–Trinajstić information content (AvgIpc) is 2.24. The van der Waals surface area contributed by atoms with E-state index in [0.29, 0.717) is 16.1 Å². The lowest BCUT2D eigenvalue weighted by Gasteiger charge is -1.91. The molecule has 0 fully saturated rings. The zero-order valence-corrected chi connectivity index (χ0v) is 7.66. The van der Waals surface area contributed by atoms with Crippen molar-refractivity contribution in [1.82, 2.24) is 0 Å². The Balaban J connectivity index is 3.45. The molecule has 1 heterocycles. The first-order valence-electron chi connectivity index (χ1n) is 3.37. The molecule has 0 atom stereocenters. The highest BCUT2D eigenvalue weighted by molar-refractivity contribution is 7.16. The van der Waals surface area contributed by atoms with Gasteiger partial charge < -0.3 is 5.73 Å². The predicted molar refractivity (Wildman–Crippen MR) is 48.2 cm³/mol. The number of ketones is 1. The maximum atomic E-state index is 11.1. The van der Waals surface area contributed by atoms with Gasteiger partial charge in [-0.25, -0.2) is 0 Å². The van der Waals surface area contributed by atoms with E-state index in [0.717, 1.165) is 4.88 Å². The normalized spacial score (nSPS) is 9.42. The highest BCUT2D eigenvalue weighted by Gasteiger charge is 2.16. The van der Waals surface area contributed by atoms with Crippen molar-refractivity contribution in [2.45, 2.75) is 13.8 Å². The maximum absolute atomic E-state index is 11.1. The lowest BCUT2D eigenvalue weighted by molar-refractivity contribution is 0.101. The first-order valence-corrected chi connectivity index (χ1v) is 4.19. The van der Waals surface area contributed by atoms with Crippen molar-refractivity contribution in [3.63, 3.8) is 0 Å². The van der Waals surface area contributed by atoms with Gasteiger partial charge in [-0.1, -0.05) is 0 Å². The molecular weight excluding hydrogens is 172 g/mol. The van der Waals surface area contributed by atoms with Gasteiger partial charge in [0, 0.05) is 4.88 Å². The van der Waals surface area contributed by atoms with Crippen molar-refractivity contribution in [3.8, 4) is 6.07 Å². The molecule has 1 aromatic heterocycles. The second-order valence-corrected chi connectivity index (χ2v) is 3.70. The summed E-state index contributed by atoms with van der Waals surface area (Å²) in [7, 11) is 0. The zero-order valence-electron chi connectivity index (χ0n) is 6.84. The predicted octanol–water partition coefficient (Wildman–Crippen LogP) is 1.71. The molecule has 1 rings (SSSR count). The lowest BCUT2D eigenvalue weighted by Crippen LogP contribution is -1.96. The summed E-state index contributed by atoms with van der Waals surface area (Å²) >= 11 is 1.28. The molecule has 0 unspecified atom stereocenters. The number of nitrogen functional groups attached to an aromatic ring is 1. The Labute approximate surface area is 74.4 Å². The molecule has 0 saturated heterocycles. The number of Topliss-reactive ketones (excluding diaryl/α,β-unsaturated/α-hetero) is 1. The van der Waals surface area contributed by atoms with E-state index in [-0.39, 0.29) is 5.78 Å². The monoisotopic (exact) mass is 180 g/mol. The van der Waals surface area contributed by atoms with Gasteiger partial charge in [0.25, 0.3) is 0 Å². The zero-order chi connectivity index (χ0) is 9.30. The fraction of sp³-hybridized carbons (Fsp3) is 0.250. The number of hydrogen-bond acceptors (Lipinski definition) is 4. The third-order valence-electron chi connectivity index (χ3n) is 1.58. The Morgan fingerprint density at radius 2 is 2.25 bits per heavy atom. The number of carbonyl (C=O) groups excluding carboxylic acids is 1. The first kappa shape index (κ1) is 8.75. The smallest absolute Gasteiger partial charge is 0.162 e. The number of rotatable bonds is 1. The molecule has 0 amide bonds. The minimum absolute atomic E-state index is 0.1000. The molecule has 0 aliphatic carbocycles. The molecule has 2 N–H and O–H groups in total. The van der Waals surface area contributed by atoms with E-state index in [9.17, 15) is 4.79 Å². The van der Waals surface area contributed by atoms with Crippen molar-refractivity contribution in [3.05, 3.63) is 16.0 Å². The second kappa shape index (κ2) is 2.95. The van der Waals surface area contributed by atoms with E-state index < -0.39 is 0 Å². The number of nitrogens with zero attached hydrogens (tertiary/aromatic N) is 1. The Bertz CT molecular complexity index is 373. The second-order valence-electron chi connectivity index (χ2n) is 2.44.